The third-order valence-corrected chi connectivity index (χ3v) is 2.36. The summed E-state index contributed by atoms with van der Waals surface area (Å²) < 4.78 is 5.46. The molecule has 0 amide bonds. The number of hydrogen-bond donors (Lipinski definition) is 2. The van der Waals surface area contributed by atoms with Gasteiger partial charge in [-0.3, -0.25) is 0 Å². The predicted octanol–water partition coefficient (Wildman–Crippen LogP) is 2.86. The molecule has 18 heavy (non-hydrogen) atoms. The van der Waals surface area contributed by atoms with Gasteiger partial charge in [0.05, 0.1) is 5.56 Å². The van der Waals surface area contributed by atoms with Crippen LogP contribution in [0.2, 0.25) is 0 Å². The monoisotopic (exact) mass is 251 g/mol. The average molecular weight is 251 g/mol. The van der Waals surface area contributed by atoms with E-state index in [2.05, 4.69) is 19.2 Å². The molecule has 0 radical (unpaired) electrons. The fourth-order valence-corrected chi connectivity index (χ4v) is 1.49. The Kier molecular flexibility index (Phi) is 6.22. The Bertz CT molecular complexity index is 377. The second-order valence-corrected chi connectivity index (χ2v) is 4.64. The maximum absolute atomic E-state index is 10.8. The number of benzene rings is 1. The van der Waals surface area contributed by atoms with E-state index in [1.807, 2.05) is 6.07 Å². The van der Waals surface area contributed by atoms with Crippen LogP contribution in [0, 0.1) is 5.92 Å². The van der Waals surface area contributed by atoms with Gasteiger partial charge in [-0.2, -0.15) is 0 Å². The Hall–Kier alpha value is -1.55. The van der Waals surface area contributed by atoms with Gasteiger partial charge in [-0.05, 0) is 30.5 Å². The molecule has 0 bridgehead atoms. The Morgan fingerprint density at radius 1 is 1.44 bits per heavy atom. The molecule has 0 aliphatic carbocycles. The van der Waals surface area contributed by atoms with Crippen LogP contribution in [0.25, 0.3) is 0 Å². The van der Waals surface area contributed by atoms with E-state index in [0.717, 1.165) is 31.9 Å². The number of carbonyl (C=O) groups is 1. The summed E-state index contributed by atoms with van der Waals surface area (Å²) in [4.78, 5) is 10.8. The van der Waals surface area contributed by atoms with Crippen molar-refractivity contribution in [3.05, 3.63) is 29.8 Å². The number of ether oxygens (including phenoxy) is 1. The van der Waals surface area contributed by atoms with Gasteiger partial charge in [0.15, 0.2) is 0 Å². The average Bonchev–Trinajstić information content (AvgIpc) is 2.33. The molecule has 4 nitrogen and oxygen atoms in total. The first kappa shape index (κ1) is 14.5. The summed E-state index contributed by atoms with van der Waals surface area (Å²) >= 11 is 0. The van der Waals surface area contributed by atoms with Crippen LogP contribution in [-0.4, -0.2) is 30.8 Å². The third kappa shape index (κ3) is 5.68. The fourth-order valence-electron chi connectivity index (χ4n) is 1.49. The molecular weight excluding hydrogens is 230 g/mol. The molecule has 0 aliphatic heterocycles. The van der Waals surface area contributed by atoms with Crippen molar-refractivity contribution in [2.45, 2.75) is 20.3 Å². The summed E-state index contributed by atoms with van der Waals surface area (Å²) in [6.45, 7) is 6.53. The van der Waals surface area contributed by atoms with Gasteiger partial charge in [0.1, 0.15) is 0 Å². The first-order valence-electron chi connectivity index (χ1n) is 6.24. The number of carboxylic acid groups (broad SMARTS) is 1. The second kappa shape index (κ2) is 7.71. The smallest absolute Gasteiger partial charge is 0.335 e. The lowest BCUT2D eigenvalue weighted by atomic mass is 10.2. The van der Waals surface area contributed by atoms with Crippen molar-refractivity contribution in [2.24, 2.45) is 5.92 Å². The first-order chi connectivity index (χ1) is 8.59. The predicted molar refractivity (Wildman–Crippen MR) is 72.2 cm³/mol. The van der Waals surface area contributed by atoms with Crippen molar-refractivity contribution in [1.29, 1.82) is 0 Å². The molecule has 2 N–H and O–H groups in total. The van der Waals surface area contributed by atoms with Gasteiger partial charge in [-0.25, -0.2) is 4.79 Å². The van der Waals surface area contributed by atoms with Crippen molar-refractivity contribution in [2.75, 3.05) is 25.1 Å². The lowest BCUT2D eigenvalue weighted by molar-refractivity contribution is 0.0697. The second-order valence-electron chi connectivity index (χ2n) is 4.64. The van der Waals surface area contributed by atoms with Crippen molar-refractivity contribution in [1.82, 2.24) is 0 Å². The van der Waals surface area contributed by atoms with Gasteiger partial charge in [-0.15, -0.1) is 0 Å². The number of rotatable bonds is 8. The number of anilines is 1. The molecule has 1 aromatic carbocycles. The maximum atomic E-state index is 10.8. The largest absolute Gasteiger partial charge is 0.478 e. The van der Waals surface area contributed by atoms with Crippen LogP contribution < -0.4 is 5.32 Å². The number of aromatic carboxylic acids is 1. The van der Waals surface area contributed by atoms with E-state index in [9.17, 15) is 4.79 Å². The standard InChI is InChI=1S/C14H21NO3/c1-11(2)10-18-8-4-7-15-13-6-3-5-12(9-13)14(16)17/h3,5-6,9,11,15H,4,7-8,10H2,1-2H3,(H,16,17). The van der Waals surface area contributed by atoms with Crippen LogP contribution in [-0.2, 0) is 4.74 Å². The quantitative estimate of drug-likeness (QED) is 0.697. The summed E-state index contributed by atoms with van der Waals surface area (Å²) in [5.74, 6) is -0.343. The highest BCUT2D eigenvalue weighted by molar-refractivity contribution is 5.88. The van der Waals surface area contributed by atoms with Crippen molar-refractivity contribution < 1.29 is 14.6 Å². The van der Waals surface area contributed by atoms with Crippen LogP contribution in [0.15, 0.2) is 24.3 Å². The number of nitrogens with one attached hydrogen (secondary N) is 1. The lowest BCUT2D eigenvalue weighted by Gasteiger charge is -2.09. The summed E-state index contributed by atoms with van der Waals surface area (Å²) in [7, 11) is 0. The van der Waals surface area contributed by atoms with Gasteiger partial charge in [0.25, 0.3) is 0 Å². The van der Waals surface area contributed by atoms with E-state index >= 15 is 0 Å². The molecule has 0 atom stereocenters. The molecule has 0 fully saturated rings. The number of carboxylic acids is 1. The highest BCUT2D eigenvalue weighted by atomic mass is 16.5. The molecule has 0 heterocycles. The number of hydrogen-bond acceptors (Lipinski definition) is 3. The maximum Gasteiger partial charge on any atom is 0.335 e. The molecule has 0 unspecified atom stereocenters. The zero-order valence-electron chi connectivity index (χ0n) is 11.0. The molecule has 1 aromatic rings. The minimum atomic E-state index is -0.904. The van der Waals surface area contributed by atoms with Gasteiger partial charge in [-0.1, -0.05) is 19.9 Å². The van der Waals surface area contributed by atoms with Crippen LogP contribution >= 0.6 is 0 Å². The zero-order valence-corrected chi connectivity index (χ0v) is 11.0. The van der Waals surface area contributed by atoms with E-state index in [1.54, 1.807) is 18.2 Å². The molecular formula is C14H21NO3. The first-order valence-corrected chi connectivity index (χ1v) is 6.24. The van der Waals surface area contributed by atoms with Crippen LogP contribution in [0.4, 0.5) is 5.69 Å². The topological polar surface area (TPSA) is 58.6 Å². The molecule has 100 valence electrons. The zero-order chi connectivity index (χ0) is 13.4. The van der Waals surface area contributed by atoms with Gasteiger partial charge in [0.2, 0.25) is 0 Å². The normalized spacial score (nSPS) is 10.6. The molecule has 0 saturated carbocycles. The summed E-state index contributed by atoms with van der Waals surface area (Å²) in [6, 6.07) is 6.82. The summed E-state index contributed by atoms with van der Waals surface area (Å²) in [5, 5.41) is 12.0. The molecule has 0 spiro atoms. The Morgan fingerprint density at radius 2 is 2.22 bits per heavy atom. The molecule has 0 aliphatic rings. The molecule has 4 heteroatoms. The van der Waals surface area contributed by atoms with E-state index in [-0.39, 0.29) is 0 Å². The summed E-state index contributed by atoms with van der Waals surface area (Å²) in [5.41, 5.74) is 1.13. The van der Waals surface area contributed by atoms with E-state index in [0.29, 0.717) is 11.5 Å². The van der Waals surface area contributed by atoms with Crippen molar-refractivity contribution in [3.63, 3.8) is 0 Å². The highest BCUT2D eigenvalue weighted by Gasteiger charge is 2.02. The van der Waals surface area contributed by atoms with Crippen LogP contribution in [0.1, 0.15) is 30.6 Å². The van der Waals surface area contributed by atoms with Gasteiger partial charge >= 0.3 is 5.97 Å². The van der Waals surface area contributed by atoms with Crippen LogP contribution in [0.3, 0.4) is 0 Å². The fraction of sp³-hybridized carbons (Fsp3) is 0.500. The Labute approximate surface area is 108 Å². The minimum Gasteiger partial charge on any atom is -0.478 e. The van der Waals surface area contributed by atoms with Crippen molar-refractivity contribution >= 4 is 11.7 Å². The SMILES string of the molecule is CC(C)COCCCNc1cccc(C(=O)O)c1. The van der Waals surface area contributed by atoms with Crippen molar-refractivity contribution in [3.8, 4) is 0 Å². The highest BCUT2D eigenvalue weighted by Crippen LogP contribution is 2.10. The van der Waals surface area contributed by atoms with Gasteiger partial charge < -0.3 is 15.2 Å². The minimum absolute atomic E-state index is 0.302. The Morgan fingerprint density at radius 3 is 2.89 bits per heavy atom. The Balaban J connectivity index is 2.23. The molecule has 1 rings (SSSR count). The lowest BCUT2D eigenvalue weighted by Crippen LogP contribution is -2.09. The van der Waals surface area contributed by atoms with E-state index < -0.39 is 5.97 Å². The van der Waals surface area contributed by atoms with Crippen LogP contribution in [0.5, 0.6) is 0 Å². The molecule has 0 saturated heterocycles. The third-order valence-electron chi connectivity index (χ3n) is 2.36. The molecule has 0 aromatic heterocycles. The van der Waals surface area contributed by atoms with Gasteiger partial charge in [0, 0.05) is 25.4 Å². The summed E-state index contributed by atoms with van der Waals surface area (Å²) in [6.07, 6.45) is 0.907. The van der Waals surface area contributed by atoms with E-state index in [4.69, 9.17) is 9.84 Å². The van der Waals surface area contributed by atoms with E-state index in [1.165, 1.54) is 0 Å².